The molecule has 0 saturated carbocycles. The van der Waals surface area contributed by atoms with Crippen LogP contribution < -0.4 is 5.32 Å². The quantitative estimate of drug-likeness (QED) is 0.582. The van der Waals surface area contributed by atoms with Gasteiger partial charge in [0, 0.05) is 23.3 Å². The van der Waals surface area contributed by atoms with Crippen molar-refractivity contribution in [2.45, 2.75) is 30.7 Å². The average Bonchev–Trinajstić information content (AvgIpc) is 3.16. The second kappa shape index (κ2) is 8.86. The van der Waals surface area contributed by atoms with Crippen LogP contribution in [-0.2, 0) is 11.2 Å². The molecular weight excluding hydrogens is 363 g/mol. The van der Waals surface area contributed by atoms with Crippen molar-refractivity contribution >= 4 is 17.7 Å². The van der Waals surface area contributed by atoms with Gasteiger partial charge in [-0.25, -0.2) is 9.37 Å². The molecule has 0 fully saturated rings. The lowest BCUT2D eigenvalue weighted by molar-refractivity contribution is -0.121. The van der Waals surface area contributed by atoms with Crippen molar-refractivity contribution in [2.24, 2.45) is 0 Å². The number of nitrogens with one attached hydrogen (secondary N) is 1. The van der Waals surface area contributed by atoms with E-state index < -0.39 is 0 Å². The Kier molecular flexibility index (Phi) is 6.29. The van der Waals surface area contributed by atoms with Crippen LogP contribution in [0, 0.1) is 5.82 Å². The molecule has 0 spiro atoms. The highest BCUT2D eigenvalue weighted by Gasteiger charge is 2.12. The van der Waals surface area contributed by atoms with Crippen molar-refractivity contribution in [2.75, 3.05) is 6.26 Å². The zero-order chi connectivity index (χ0) is 19.2. The molecule has 1 heterocycles. The Morgan fingerprint density at radius 2 is 1.89 bits per heavy atom. The first-order valence-electron chi connectivity index (χ1n) is 8.69. The zero-order valence-electron chi connectivity index (χ0n) is 15.2. The van der Waals surface area contributed by atoms with Crippen LogP contribution >= 0.6 is 11.8 Å². The molecule has 3 rings (SSSR count). The highest BCUT2D eigenvalue weighted by atomic mass is 32.2. The Morgan fingerprint density at radius 3 is 2.56 bits per heavy atom. The van der Waals surface area contributed by atoms with Gasteiger partial charge in [-0.15, -0.1) is 11.8 Å². The molecular formula is C21H21FN2O2S. The standard InChI is InChI=1S/C21H21FN2O2S/c1-14(15-5-9-18(27-2)10-6-15)24-20(25)11-12-21-23-13-19(26-21)16-3-7-17(22)8-4-16/h3-10,13-14H,11-12H2,1-2H3,(H,24,25). The maximum atomic E-state index is 13.0. The van der Waals surface area contributed by atoms with Gasteiger partial charge in [-0.05, 0) is 55.1 Å². The van der Waals surface area contributed by atoms with E-state index in [1.807, 2.05) is 37.4 Å². The van der Waals surface area contributed by atoms with Crippen LogP contribution in [0.3, 0.4) is 0 Å². The van der Waals surface area contributed by atoms with Gasteiger partial charge in [-0.3, -0.25) is 4.79 Å². The van der Waals surface area contributed by atoms with E-state index in [2.05, 4.69) is 10.3 Å². The van der Waals surface area contributed by atoms with Crippen molar-refractivity contribution in [3.05, 3.63) is 72.0 Å². The van der Waals surface area contributed by atoms with Gasteiger partial charge in [-0.2, -0.15) is 0 Å². The average molecular weight is 384 g/mol. The Morgan fingerprint density at radius 1 is 1.19 bits per heavy atom. The minimum atomic E-state index is -0.299. The third kappa shape index (κ3) is 5.20. The van der Waals surface area contributed by atoms with E-state index in [1.54, 1.807) is 30.1 Å². The maximum Gasteiger partial charge on any atom is 0.220 e. The summed E-state index contributed by atoms with van der Waals surface area (Å²) >= 11 is 1.69. The molecule has 1 unspecified atom stereocenters. The third-order valence-electron chi connectivity index (χ3n) is 4.24. The predicted octanol–water partition coefficient (Wildman–Crippen LogP) is 5.01. The van der Waals surface area contributed by atoms with E-state index in [0.717, 1.165) is 11.1 Å². The number of nitrogens with zero attached hydrogens (tertiary/aromatic N) is 1. The molecule has 0 aliphatic heterocycles. The first kappa shape index (κ1) is 19.2. The summed E-state index contributed by atoms with van der Waals surface area (Å²) in [5.41, 5.74) is 1.82. The molecule has 3 aromatic rings. The van der Waals surface area contributed by atoms with E-state index in [4.69, 9.17) is 4.42 Å². The highest BCUT2D eigenvalue weighted by molar-refractivity contribution is 7.98. The summed E-state index contributed by atoms with van der Waals surface area (Å²) < 4.78 is 18.6. The number of oxazole rings is 1. The van der Waals surface area contributed by atoms with Crippen LogP contribution in [0.5, 0.6) is 0 Å². The molecule has 0 saturated heterocycles. The van der Waals surface area contributed by atoms with Crippen molar-refractivity contribution < 1.29 is 13.6 Å². The molecule has 140 valence electrons. The predicted molar refractivity (Wildman–Crippen MR) is 105 cm³/mol. The molecule has 4 nitrogen and oxygen atoms in total. The Hall–Kier alpha value is -2.60. The Balaban J connectivity index is 1.52. The van der Waals surface area contributed by atoms with Crippen molar-refractivity contribution in [1.82, 2.24) is 10.3 Å². The van der Waals surface area contributed by atoms with Gasteiger partial charge >= 0.3 is 0 Å². The summed E-state index contributed by atoms with van der Waals surface area (Å²) in [5.74, 6) is 0.694. The smallest absolute Gasteiger partial charge is 0.220 e. The normalized spacial score (nSPS) is 12.0. The number of thioether (sulfide) groups is 1. The summed E-state index contributed by atoms with van der Waals surface area (Å²) in [5, 5.41) is 2.99. The number of carbonyl (C=O) groups is 1. The fraction of sp³-hybridized carbons (Fsp3) is 0.238. The summed E-state index contributed by atoms with van der Waals surface area (Å²) in [7, 11) is 0. The van der Waals surface area contributed by atoms with Crippen LogP contribution in [0.4, 0.5) is 4.39 Å². The van der Waals surface area contributed by atoms with Crippen LogP contribution in [0.15, 0.2) is 64.0 Å². The molecule has 1 atom stereocenters. The number of amides is 1. The van der Waals surface area contributed by atoms with Gasteiger partial charge in [0.2, 0.25) is 5.91 Å². The fourth-order valence-electron chi connectivity index (χ4n) is 2.68. The summed E-state index contributed by atoms with van der Waals surface area (Å²) in [6, 6.07) is 14.1. The number of halogens is 1. The molecule has 0 radical (unpaired) electrons. The third-order valence-corrected chi connectivity index (χ3v) is 4.99. The highest BCUT2D eigenvalue weighted by Crippen LogP contribution is 2.22. The summed E-state index contributed by atoms with van der Waals surface area (Å²) in [6.45, 7) is 1.96. The van der Waals surface area contributed by atoms with Crippen molar-refractivity contribution in [1.29, 1.82) is 0 Å². The Labute approximate surface area is 162 Å². The molecule has 1 aromatic heterocycles. The number of aromatic nitrogens is 1. The molecule has 6 heteroatoms. The molecule has 2 aromatic carbocycles. The second-order valence-electron chi connectivity index (χ2n) is 6.19. The Bertz CT molecular complexity index is 891. The summed E-state index contributed by atoms with van der Waals surface area (Å²) in [6.07, 6.45) is 4.32. The van der Waals surface area contributed by atoms with Gasteiger partial charge < -0.3 is 9.73 Å². The lowest BCUT2D eigenvalue weighted by atomic mass is 10.1. The molecule has 0 aliphatic rings. The lowest BCUT2D eigenvalue weighted by Crippen LogP contribution is -2.26. The van der Waals surface area contributed by atoms with Crippen LogP contribution in [0.2, 0.25) is 0 Å². The van der Waals surface area contributed by atoms with Crippen LogP contribution in [-0.4, -0.2) is 17.1 Å². The van der Waals surface area contributed by atoms with E-state index >= 15 is 0 Å². The topological polar surface area (TPSA) is 55.1 Å². The largest absolute Gasteiger partial charge is 0.441 e. The number of hydrogen-bond donors (Lipinski definition) is 1. The zero-order valence-corrected chi connectivity index (χ0v) is 16.1. The lowest BCUT2D eigenvalue weighted by Gasteiger charge is -2.14. The fourth-order valence-corrected chi connectivity index (χ4v) is 3.09. The van der Waals surface area contributed by atoms with Gasteiger partial charge in [0.1, 0.15) is 5.82 Å². The number of benzene rings is 2. The summed E-state index contributed by atoms with van der Waals surface area (Å²) in [4.78, 5) is 17.6. The molecule has 1 N–H and O–H groups in total. The molecule has 0 bridgehead atoms. The number of aryl methyl sites for hydroxylation is 1. The molecule has 1 amide bonds. The van der Waals surface area contributed by atoms with E-state index in [0.29, 0.717) is 18.1 Å². The first-order chi connectivity index (χ1) is 13.0. The van der Waals surface area contributed by atoms with Gasteiger partial charge in [-0.1, -0.05) is 12.1 Å². The SMILES string of the molecule is CSc1ccc(C(C)NC(=O)CCc2ncc(-c3ccc(F)cc3)o2)cc1. The van der Waals surface area contributed by atoms with E-state index in [-0.39, 0.29) is 24.2 Å². The van der Waals surface area contributed by atoms with E-state index in [1.165, 1.54) is 17.0 Å². The first-order valence-corrected chi connectivity index (χ1v) is 9.91. The maximum absolute atomic E-state index is 13.0. The monoisotopic (exact) mass is 384 g/mol. The van der Waals surface area contributed by atoms with Crippen molar-refractivity contribution in [3.8, 4) is 11.3 Å². The number of hydrogen-bond acceptors (Lipinski definition) is 4. The van der Waals surface area contributed by atoms with E-state index in [9.17, 15) is 9.18 Å². The minimum Gasteiger partial charge on any atom is -0.441 e. The molecule has 0 aliphatic carbocycles. The van der Waals surface area contributed by atoms with Crippen LogP contribution in [0.25, 0.3) is 11.3 Å². The van der Waals surface area contributed by atoms with Crippen molar-refractivity contribution in [3.63, 3.8) is 0 Å². The minimum absolute atomic E-state index is 0.0574. The van der Waals surface area contributed by atoms with Gasteiger partial charge in [0.05, 0.1) is 12.2 Å². The number of carbonyl (C=O) groups excluding carboxylic acids is 1. The van der Waals surface area contributed by atoms with Crippen LogP contribution in [0.1, 0.15) is 30.8 Å². The van der Waals surface area contributed by atoms with Gasteiger partial charge in [0.25, 0.3) is 0 Å². The number of rotatable bonds is 7. The second-order valence-corrected chi connectivity index (χ2v) is 7.07. The molecule has 27 heavy (non-hydrogen) atoms. The van der Waals surface area contributed by atoms with Gasteiger partial charge in [0.15, 0.2) is 11.7 Å².